The van der Waals surface area contributed by atoms with E-state index >= 15 is 0 Å². The molecule has 0 radical (unpaired) electrons. The van der Waals surface area contributed by atoms with Crippen molar-refractivity contribution in [1.29, 1.82) is 0 Å². The number of aliphatic hydroxyl groups excluding tert-OH is 2. The number of benzene rings is 2. The predicted octanol–water partition coefficient (Wildman–Crippen LogP) is 6.20. The zero-order chi connectivity index (χ0) is 51.6. The van der Waals surface area contributed by atoms with Gasteiger partial charge in [0, 0.05) is 89.9 Å². The number of aromatic carboxylic acids is 1. The lowest BCUT2D eigenvalue weighted by Gasteiger charge is -2.36. The Bertz CT molecular complexity index is 2590. The van der Waals surface area contributed by atoms with Crippen molar-refractivity contribution in [2.75, 3.05) is 125 Å². The number of likely N-dealkylation sites (tertiary alicyclic amines) is 3. The molecule has 2 atom stereocenters. The number of ether oxygens (including phenoxy) is 2. The number of carbonyl (C=O) groups excluding carboxylic acids is 3. The van der Waals surface area contributed by atoms with Gasteiger partial charge in [-0.2, -0.15) is 0 Å². The van der Waals surface area contributed by atoms with Gasteiger partial charge in [0.15, 0.2) is 5.69 Å². The fourth-order valence-corrected chi connectivity index (χ4v) is 9.65. The van der Waals surface area contributed by atoms with Gasteiger partial charge < -0.3 is 65.2 Å². The van der Waals surface area contributed by atoms with Gasteiger partial charge in [0.05, 0.1) is 38.6 Å². The molecule has 19 nitrogen and oxygen atoms in total. The summed E-state index contributed by atoms with van der Waals surface area (Å²) in [5, 5.41) is 36.7. The molecule has 0 saturated carbocycles. The lowest BCUT2D eigenvalue weighted by Crippen LogP contribution is -2.53. The number of carboxylic acid groups (broad SMARTS) is 1. The maximum Gasteiger partial charge on any atom is 0.354 e. The number of hydrogen-bond donors (Lipinski definition) is 6. The third-order valence-electron chi connectivity index (χ3n) is 14.5. The second kappa shape index (κ2) is 25.9. The van der Waals surface area contributed by atoms with Crippen molar-refractivity contribution < 1.29 is 44.0 Å². The van der Waals surface area contributed by atoms with Gasteiger partial charge in [-0.1, -0.05) is 38.8 Å². The van der Waals surface area contributed by atoms with E-state index in [-0.39, 0.29) is 42.2 Å². The molecule has 0 aliphatic carbocycles. The molecule has 2 aromatic carbocycles. The van der Waals surface area contributed by atoms with Crippen LogP contribution in [0.3, 0.4) is 0 Å². The molecule has 20 heteroatoms. The van der Waals surface area contributed by atoms with Crippen LogP contribution in [0.15, 0.2) is 60.7 Å². The molecule has 400 valence electrons. The van der Waals surface area contributed by atoms with Gasteiger partial charge in [-0.3, -0.25) is 4.79 Å². The van der Waals surface area contributed by atoms with E-state index in [0.717, 1.165) is 110 Å². The number of aromatic nitrogens is 2. The maximum absolute atomic E-state index is 13.1. The van der Waals surface area contributed by atoms with Crippen LogP contribution < -0.4 is 25.8 Å². The fourth-order valence-electron chi connectivity index (χ4n) is 9.65. The maximum atomic E-state index is 13.1. The van der Waals surface area contributed by atoms with Gasteiger partial charge in [-0.25, -0.2) is 24.4 Å². The van der Waals surface area contributed by atoms with Crippen molar-refractivity contribution in [2.24, 2.45) is 11.8 Å². The minimum Gasteiger partial charge on any atom is -0.477 e. The molecular formula is C54H73ClN10O9. The highest BCUT2D eigenvalue weighted by molar-refractivity contribution is 5.96. The number of halogens is 1. The number of nitrogens with one attached hydrogen (secondary N) is 3. The number of pyridine rings is 2. The highest BCUT2D eigenvalue weighted by Crippen LogP contribution is 2.33. The minimum atomic E-state index is -1.07. The Kier molecular flexibility index (Phi) is 19.5. The Morgan fingerprint density at radius 1 is 0.608 bits per heavy atom. The number of urea groups is 2. The summed E-state index contributed by atoms with van der Waals surface area (Å²) in [6.07, 6.45) is 3.75. The van der Waals surface area contributed by atoms with E-state index in [1.165, 1.54) is 0 Å². The number of carbonyl (C=O) groups is 4. The summed E-state index contributed by atoms with van der Waals surface area (Å²) in [5.74, 6) is 1.25. The summed E-state index contributed by atoms with van der Waals surface area (Å²) in [6, 6.07) is 18.8. The van der Waals surface area contributed by atoms with Gasteiger partial charge in [0.2, 0.25) is 0 Å². The average molecular weight is 1040 g/mol. The summed E-state index contributed by atoms with van der Waals surface area (Å²) >= 11 is 0. The van der Waals surface area contributed by atoms with Gasteiger partial charge in [-0.05, 0) is 120 Å². The largest absolute Gasteiger partial charge is 0.477 e. The first-order valence-corrected chi connectivity index (χ1v) is 25.9. The normalized spacial score (nSPS) is 19.7. The number of amides is 5. The first-order chi connectivity index (χ1) is 35.2. The molecule has 6 aliphatic rings. The number of aliphatic hydroxyl groups is 2. The number of hydrogen-bond acceptors (Lipinski definition) is 13. The zero-order valence-electron chi connectivity index (χ0n) is 43.1. The Labute approximate surface area is 440 Å². The predicted molar refractivity (Wildman–Crippen MR) is 288 cm³/mol. The van der Waals surface area contributed by atoms with Gasteiger partial charge in [0.1, 0.15) is 17.3 Å². The summed E-state index contributed by atoms with van der Waals surface area (Å²) in [7, 11) is 0. The van der Waals surface area contributed by atoms with Crippen molar-refractivity contribution in [1.82, 2.24) is 30.0 Å². The molecule has 2 aromatic heterocycles. The number of aryl methyl sites for hydroxylation is 2. The van der Waals surface area contributed by atoms with E-state index in [1.807, 2.05) is 83.1 Å². The molecule has 0 bridgehead atoms. The summed E-state index contributed by atoms with van der Waals surface area (Å²) < 4.78 is 10.9. The van der Waals surface area contributed by atoms with Crippen molar-refractivity contribution in [3.63, 3.8) is 0 Å². The van der Waals surface area contributed by atoms with Crippen LogP contribution in [0.5, 0.6) is 0 Å². The van der Waals surface area contributed by atoms with E-state index in [9.17, 15) is 29.4 Å². The highest BCUT2D eigenvalue weighted by atomic mass is 35.5. The van der Waals surface area contributed by atoms with E-state index in [2.05, 4.69) is 39.7 Å². The van der Waals surface area contributed by atoms with Crippen LogP contribution >= 0.6 is 12.4 Å². The lowest BCUT2D eigenvalue weighted by molar-refractivity contribution is 0.00551. The first-order valence-electron chi connectivity index (χ1n) is 25.9. The van der Waals surface area contributed by atoms with E-state index in [0.29, 0.717) is 94.7 Å². The average Bonchev–Trinajstić information content (AvgIpc) is 4.10. The van der Waals surface area contributed by atoms with Crippen molar-refractivity contribution in [3.8, 4) is 22.3 Å². The van der Waals surface area contributed by atoms with Crippen LogP contribution in [0, 0.1) is 25.7 Å². The van der Waals surface area contributed by atoms with Crippen LogP contribution in [0.4, 0.5) is 32.6 Å². The standard InChI is InChI=1S/C27H35N5O4.C24H30N4O4.C3H7NO.ClH/c1-3-19-6-7-31(15-19)27(35)28-21-5-4-18(2)23(14-21)20-12-24(26(34)32-16-22(33)17-32)29-25(13-20)30-8-10-36-11-9-30;1-3-17-6-7-28(15-17)24(31)25-19-5-4-16(2)20(14-19)18-12-21(23(29)30)26-22(13-18)27-8-10-32-11-9-27;5-3-1-4-2-3;/h4-5,12-14,19,22,33H,3,6-11,15-17H2,1-2H3,(H,28,35);4-5,12-14,17H,3,6-11,15H2,1-2H3,(H,25,31)(H,29,30);3-5H,1-2H2;1H/t19-;17-;;/m11../s1. The van der Waals surface area contributed by atoms with Crippen molar-refractivity contribution in [2.45, 2.75) is 65.6 Å². The molecule has 0 spiro atoms. The van der Waals surface area contributed by atoms with Gasteiger partial charge in [0.25, 0.3) is 5.91 Å². The van der Waals surface area contributed by atoms with E-state index in [1.54, 1.807) is 11.0 Å². The number of β-amino-alcohol motifs (C(OH)–C–C–N with tert-alkyl or cyclic N) is 2. The SMILES string of the molecule is CC[C@@H]1CCN(C(=O)Nc2ccc(C)c(-c3cc(C(=O)N4CC(O)C4)nc(N4CCOCC4)c3)c2)C1.CC[C@@H]1CCN(C(=O)Nc2ccc(C)c(-c3cc(C(=O)O)nc(N4CCOCC4)c3)c2)C1.Cl.OC1CNC1. The number of nitrogens with zero attached hydrogens (tertiary/aromatic N) is 7. The Hall–Kier alpha value is -6.09. The Morgan fingerprint density at radius 2 is 1.04 bits per heavy atom. The third kappa shape index (κ3) is 14.2. The van der Waals surface area contributed by atoms with Crippen LogP contribution in [-0.4, -0.2) is 181 Å². The Balaban J connectivity index is 0.000000196. The molecule has 5 amide bonds. The highest BCUT2D eigenvalue weighted by Gasteiger charge is 2.32. The third-order valence-corrected chi connectivity index (χ3v) is 14.5. The topological polar surface area (TPSA) is 225 Å². The van der Waals surface area contributed by atoms with Crippen molar-refractivity contribution >= 4 is 59.4 Å². The minimum absolute atomic E-state index is 0. The van der Waals surface area contributed by atoms with Crippen LogP contribution in [0.25, 0.3) is 22.3 Å². The van der Waals surface area contributed by atoms with E-state index < -0.39 is 12.1 Å². The molecule has 6 aliphatic heterocycles. The second-order valence-corrected chi connectivity index (χ2v) is 19.8. The molecular weight excluding hydrogens is 968 g/mol. The molecule has 0 unspecified atom stereocenters. The second-order valence-electron chi connectivity index (χ2n) is 19.8. The number of carboxylic acids is 1. The first kappa shape index (κ1) is 55.7. The van der Waals surface area contributed by atoms with Crippen LogP contribution in [0.1, 0.15) is 71.6 Å². The zero-order valence-corrected chi connectivity index (χ0v) is 43.9. The number of anilines is 4. The van der Waals surface area contributed by atoms with Crippen LogP contribution in [0.2, 0.25) is 0 Å². The lowest BCUT2D eigenvalue weighted by atomic mass is 9.99. The molecule has 6 N–H and O–H groups in total. The Morgan fingerprint density at radius 3 is 1.42 bits per heavy atom. The van der Waals surface area contributed by atoms with Crippen molar-refractivity contribution in [3.05, 3.63) is 83.2 Å². The van der Waals surface area contributed by atoms with Crippen LogP contribution in [-0.2, 0) is 9.47 Å². The van der Waals surface area contributed by atoms with Gasteiger partial charge in [-0.15, -0.1) is 12.4 Å². The molecule has 6 fully saturated rings. The monoisotopic (exact) mass is 1040 g/mol. The summed E-state index contributed by atoms with van der Waals surface area (Å²) in [5.41, 5.74) is 7.25. The number of morpholine rings is 2. The summed E-state index contributed by atoms with van der Waals surface area (Å²) in [4.78, 5) is 69.0. The fraction of sp³-hybridized carbons (Fsp3) is 0.519. The van der Waals surface area contributed by atoms with E-state index in [4.69, 9.17) is 19.6 Å². The molecule has 8 heterocycles. The molecule has 74 heavy (non-hydrogen) atoms. The quantitative estimate of drug-likeness (QED) is 0.104. The molecule has 6 saturated heterocycles. The van der Waals surface area contributed by atoms with Gasteiger partial charge >= 0.3 is 18.0 Å². The summed E-state index contributed by atoms with van der Waals surface area (Å²) in [6.45, 7) is 18.8. The number of rotatable bonds is 10. The molecule has 10 rings (SSSR count). The molecule has 4 aromatic rings. The smallest absolute Gasteiger partial charge is 0.354 e.